The number of rotatable bonds is 11. The van der Waals surface area contributed by atoms with Crippen LogP contribution in [0.2, 0.25) is 0 Å². The van der Waals surface area contributed by atoms with Crippen LogP contribution >= 0.6 is 0 Å². The largest absolute Gasteiger partial charge is 0.573 e. The molecule has 0 saturated heterocycles. The summed E-state index contributed by atoms with van der Waals surface area (Å²) in [7, 11) is 0. The molecule has 0 bridgehead atoms. The van der Waals surface area contributed by atoms with Crippen molar-refractivity contribution >= 4 is 5.97 Å². The molecule has 0 aliphatic heterocycles. The molecule has 4 rings (SSSR count). The number of pyridine rings is 1. The van der Waals surface area contributed by atoms with Crippen LogP contribution in [0.25, 0.3) is 22.6 Å². The van der Waals surface area contributed by atoms with Crippen LogP contribution < -0.4 is 18.9 Å². The highest BCUT2D eigenvalue weighted by Crippen LogP contribution is 2.35. The number of halogens is 3. The van der Waals surface area contributed by atoms with Gasteiger partial charge in [-0.2, -0.15) is 0 Å². The third-order valence-electron chi connectivity index (χ3n) is 5.23. The van der Waals surface area contributed by atoms with Gasteiger partial charge in [0.2, 0.25) is 11.8 Å². The molecule has 0 fully saturated rings. The Hall–Kier alpha value is -4.74. The van der Waals surface area contributed by atoms with Gasteiger partial charge in [0, 0.05) is 23.4 Å². The number of aromatic nitrogens is 2. The van der Waals surface area contributed by atoms with Crippen LogP contribution in [0.4, 0.5) is 13.2 Å². The Morgan fingerprint density at radius 3 is 2.10 bits per heavy atom. The molecule has 9 nitrogen and oxygen atoms in total. The van der Waals surface area contributed by atoms with Crippen molar-refractivity contribution in [2.45, 2.75) is 45.9 Å². The van der Waals surface area contributed by atoms with Gasteiger partial charge in [-0.15, -0.1) is 13.2 Å². The third-order valence-corrected chi connectivity index (χ3v) is 5.23. The Morgan fingerprint density at radius 2 is 1.52 bits per heavy atom. The van der Waals surface area contributed by atoms with Crippen molar-refractivity contribution in [3.8, 4) is 45.7 Å². The van der Waals surface area contributed by atoms with Crippen molar-refractivity contribution in [3.05, 3.63) is 72.8 Å². The van der Waals surface area contributed by atoms with Crippen LogP contribution in [-0.4, -0.2) is 39.6 Å². The zero-order chi connectivity index (χ0) is 28.9. The maximum atomic E-state index is 12.6. The normalized spacial score (nSPS) is 12.2. The first-order valence-corrected chi connectivity index (χ1v) is 12.1. The van der Waals surface area contributed by atoms with Gasteiger partial charge in [-0.05, 0) is 75.4 Å². The molecule has 1 atom stereocenters. The van der Waals surface area contributed by atoms with Gasteiger partial charge < -0.3 is 28.5 Å². The van der Waals surface area contributed by atoms with Crippen molar-refractivity contribution in [1.82, 2.24) is 9.97 Å². The van der Waals surface area contributed by atoms with E-state index < -0.39 is 18.4 Å². The average Bonchev–Trinajstić information content (AvgIpc) is 3.32. The maximum Gasteiger partial charge on any atom is 0.573 e. The van der Waals surface area contributed by atoms with Crippen LogP contribution in [0.3, 0.4) is 0 Å². The lowest BCUT2D eigenvalue weighted by Crippen LogP contribution is -2.22. The first kappa shape index (κ1) is 28.3. The Bertz CT molecular complexity index is 1420. The van der Waals surface area contributed by atoms with Gasteiger partial charge in [0.05, 0.1) is 6.10 Å². The molecule has 0 radical (unpaired) electrons. The van der Waals surface area contributed by atoms with E-state index in [1.165, 1.54) is 31.2 Å². The lowest BCUT2D eigenvalue weighted by Gasteiger charge is -2.10. The van der Waals surface area contributed by atoms with Crippen LogP contribution in [0.1, 0.15) is 26.7 Å². The van der Waals surface area contributed by atoms with E-state index in [0.29, 0.717) is 40.0 Å². The summed E-state index contributed by atoms with van der Waals surface area (Å²) < 4.78 is 64.3. The van der Waals surface area contributed by atoms with Crippen LogP contribution in [0.15, 0.2) is 71.3 Å². The van der Waals surface area contributed by atoms with E-state index in [0.717, 1.165) is 0 Å². The molecule has 2 aromatic carbocycles. The van der Waals surface area contributed by atoms with Gasteiger partial charge in [0.15, 0.2) is 18.5 Å². The van der Waals surface area contributed by atoms with Crippen molar-refractivity contribution in [2.24, 2.45) is 0 Å². The molecule has 12 heteroatoms. The average molecular weight is 559 g/mol. The third kappa shape index (κ3) is 7.65. The second kappa shape index (κ2) is 12.0. The summed E-state index contributed by atoms with van der Waals surface area (Å²) >= 11 is 0. The fraction of sp³-hybridized carbons (Fsp3) is 0.250. The van der Waals surface area contributed by atoms with Gasteiger partial charge >= 0.3 is 12.3 Å². The van der Waals surface area contributed by atoms with E-state index in [4.69, 9.17) is 23.7 Å². The highest BCUT2D eigenvalue weighted by atomic mass is 19.4. The van der Waals surface area contributed by atoms with E-state index >= 15 is 0 Å². The summed E-state index contributed by atoms with van der Waals surface area (Å²) in [6, 6.07) is 15.0. The first-order valence-electron chi connectivity index (χ1n) is 12.1. The van der Waals surface area contributed by atoms with Gasteiger partial charge in [0.25, 0.3) is 0 Å². The van der Waals surface area contributed by atoms with E-state index in [1.54, 1.807) is 42.6 Å². The second-order valence-electron chi connectivity index (χ2n) is 8.77. The molecule has 0 spiro atoms. The Morgan fingerprint density at radius 1 is 0.900 bits per heavy atom. The molecule has 2 heterocycles. The van der Waals surface area contributed by atoms with Gasteiger partial charge in [0.1, 0.15) is 22.9 Å². The zero-order valence-corrected chi connectivity index (χ0v) is 21.6. The maximum absolute atomic E-state index is 12.6. The predicted octanol–water partition coefficient (Wildman–Crippen LogP) is 6.52. The van der Waals surface area contributed by atoms with E-state index in [2.05, 4.69) is 14.7 Å². The molecule has 0 aliphatic rings. The van der Waals surface area contributed by atoms with Crippen molar-refractivity contribution in [2.75, 3.05) is 0 Å². The molecular formula is C28H25F3N2O7. The summed E-state index contributed by atoms with van der Waals surface area (Å²) in [5, 5.41) is 8.98. The number of nitrogens with zero attached hydrogens (tertiary/aromatic N) is 2. The molecule has 1 N–H and O–H groups in total. The van der Waals surface area contributed by atoms with Gasteiger partial charge in [-0.3, -0.25) is 0 Å². The van der Waals surface area contributed by atoms with Crippen LogP contribution in [0.5, 0.6) is 23.1 Å². The summed E-state index contributed by atoms with van der Waals surface area (Å²) in [6.45, 7) is 5.10. The number of carbonyl (C=O) groups is 1. The summed E-state index contributed by atoms with van der Waals surface area (Å²) in [5.74, 6) is 0.260. The number of carboxylic acids is 1. The Balaban J connectivity index is 1.57. The molecule has 1 unspecified atom stereocenters. The lowest BCUT2D eigenvalue weighted by atomic mass is 10.1. The van der Waals surface area contributed by atoms with Crippen LogP contribution in [-0.2, 0) is 11.4 Å². The first-order chi connectivity index (χ1) is 19.0. The van der Waals surface area contributed by atoms with Crippen LogP contribution in [0, 0.1) is 0 Å². The second-order valence-corrected chi connectivity index (χ2v) is 8.77. The highest BCUT2D eigenvalue weighted by Gasteiger charge is 2.31. The minimum atomic E-state index is -4.81. The van der Waals surface area contributed by atoms with E-state index in [-0.39, 0.29) is 24.4 Å². The van der Waals surface area contributed by atoms with E-state index in [1.807, 2.05) is 13.8 Å². The molecule has 40 heavy (non-hydrogen) atoms. The molecule has 0 saturated carbocycles. The lowest BCUT2D eigenvalue weighted by molar-refractivity contribution is -0.274. The number of aliphatic carboxylic acids is 1. The monoisotopic (exact) mass is 558 g/mol. The molecule has 2 aromatic heterocycles. The molecule has 210 valence electrons. The minimum absolute atomic E-state index is 0.0663. The predicted molar refractivity (Wildman–Crippen MR) is 136 cm³/mol. The smallest absolute Gasteiger partial charge is 0.484 e. The molecule has 0 amide bonds. The summed E-state index contributed by atoms with van der Waals surface area (Å²) in [4.78, 5) is 19.8. The zero-order valence-electron chi connectivity index (χ0n) is 21.6. The van der Waals surface area contributed by atoms with Crippen molar-refractivity contribution in [1.29, 1.82) is 0 Å². The van der Waals surface area contributed by atoms with Gasteiger partial charge in [-0.1, -0.05) is 0 Å². The fourth-order valence-electron chi connectivity index (χ4n) is 3.47. The Kier molecular flexibility index (Phi) is 8.46. The molecule has 0 aliphatic carbocycles. The van der Waals surface area contributed by atoms with Gasteiger partial charge in [-0.25, -0.2) is 14.8 Å². The fourth-order valence-corrected chi connectivity index (χ4v) is 3.47. The standard InChI is InChI=1S/C28H25F3N2O7/c1-16(2)37-23-13-6-19(14-32-23)25-26(18-4-7-22(8-5-18)40-28(29,30)31)39-24(33-25)15-36-20-9-11-21(12-10-20)38-17(3)27(34)35/h4-14,16-17H,15H2,1-3H3,(H,34,35). The Labute approximate surface area is 227 Å². The number of ether oxygens (including phenoxy) is 4. The molecule has 4 aromatic rings. The summed E-state index contributed by atoms with van der Waals surface area (Å²) in [5.41, 5.74) is 1.45. The SMILES string of the molecule is CC(C)Oc1ccc(-c2nc(COc3ccc(OC(C)C(=O)O)cc3)oc2-c2ccc(OC(F)(F)F)cc2)cn1. The topological polar surface area (TPSA) is 113 Å². The number of benzene rings is 2. The number of alkyl halides is 3. The van der Waals surface area contributed by atoms with E-state index in [9.17, 15) is 18.0 Å². The van der Waals surface area contributed by atoms with Crippen molar-refractivity contribution in [3.63, 3.8) is 0 Å². The number of carboxylic acid groups (broad SMARTS) is 1. The summed E-state index contributed by atoms with van der Waals surface area (Å²) in [6.07, 6.45) is -4.33. The quantitative estimate of drug-likeness (QED) is 0.220. The van der Waals surface area contributed by atoms with Crippen molar-refractivity contribution < 1.29 is 46.4 Å². The number of oxazole rings is 1. The number of hydrogen-bond acceptors (Lipinski definition) is 8. The molecular weight excluding hydrogens is 533 g/mol. The number of hydrogen-bond donors (Lipinski definition) is 1. The minimum Gasteiger partial charge on any atom is -0.484 e. The highest BCUT2D eigenvalue weighted by molar-refractivity contribution is 5.77.